The lowest BCUT2D eigenvalue weighted by Crippen LogP contribution is -2.05. The summed E-state index contributed by atoms with van der Waals surface area (Å²) >= 11 is 5.33. The topological polar surface area (TPSA) is 26.3 Å². The minimum Gasteiger partial charge on any atom is -0.469 e. The summed E-state index contributed by atoms with van der Waals surface area (Å²) in [6.07, 6.45) is 1.32. The monoisotopic (exact) mass is 330 g/mol. The molecule has 1 rings (SSSR count). The molecule has 0 fully saturated rings. The van der Waals surface area contributed by atoms with Crippen LogP contribution in [0.15, 0.2) is 21.5 Å². The van der Waals surface area contributed by atoms with Crippen molar-refractivity contribution in [2.75, 3.05) is 7.11 Å². The van der Waals surface area contributed by atoms with Gasteiger partial charge in [-0.25, -0.2) is 0 Å². The number of hydrogen-bond acceptors (Lipinski definition) is 3. The smallest absolute Gasteiger partial charge is 0.305 e. The van der Waals surface area contributed by atoms with Crippen molar-refractivity contribution in [2.24, 2.45) is 0 Å². The van der Waals surface area contributed by atoms with Crippen LogP contribution in [0.25, 0.3) is 0 Å². The first-order chi connectivity index (χ1) is 8.43. The number of carbonyl (C=O) groups excluding carboxylic acids is 1. The van der Waals surface area contributed by atoms with Crippen LogP contribution < -0.4 is 0 Å². The number of hydrogen-bond donors (Lipinski definition) is 0. The lowest BCUT2D eigenvalue weighted by atomic mass is 10.2. The molecule has 1 unspecified atom stereocenters. The molecule has 1 aromatic carbocycles. The van der Waals surface area contributed by atoms with E-state index in [2.05, 4.69) is 53.6 Å². The molecule has 4 heteroatoms. The third-order valence-electron chi connectivity index (χ3n) is 2.73. The third-order valence-corrected chi connectivity index (χ3v) is 4.70. The lowest BCUT2D eigenvalue weighted by molar-refractivity contribution is -0.140. The zero-order valence-electron chi connectivity index (χ0n) is 11.2. The second-order valence-electron chi connectivity index (χ2n) is 4.41. The van der Waals surface area contributed by atoms with E-state index in [4.69, 9.17) is 0 Å². The fourth-order valence-corrected chi connectivity index (χ4v) is 3.58. The summed E-state index contributed by atoms with van der Waals surface area (Å²) in [7, 11) is 1.43. The maximum Gasteiger partial charge on any atom is 0.305 e. The molecule has 100 valence electrons. The number of carbonyl (C=O) groups is 1. The number of methoxy groups -OCH3 is 1. The highest BCUT2D eigenvalue weighted by molar-refractivity contribution is 9.10. The van der Waals surface area contributed by atoms with Crippen molar-refractivity contribution in [1.29, 1.82) is 0 Å². The van der Waals surface area contributed by atoms with E-state index in [1.807, 2.05) is 11.8 Å². The average molecular weight is 331 g/mol. The lowest BCUT2D eigenvalue weighted by Gasteiger charge is -2.15. The Morgan fingerprint density at radius 3 is 2.44 bits per heavy atom. The Kier molecular flexibility index (Phi) is 6.22. The van der Waals surface area contributed by atoms with E-state index >= 15 is 0 Å². The van der Waals surface area contributed by atoms with Gasteiger partial charge in [0.15, 0.2) is 0 Å². The van der Waals surface area contributed by atoms with Crippen molar-refractivity contribution in [1.82, 2.24) is 0 Å². The predicted octanol–water partition coefficient (Wildman–Crippen LogP) is 4.50. The average Bonchev–Trinajstić information content (AvgIpc) is 2.30. The van der Waals surface area contributed by atoms with Crippen molar-refractivity contribution in [3.63, 3.8) is 0 Å². The van der Waals surface area contributed by atoms with Gasteiger partial charge in [-0.05, 0) is 43.5 Å². The molecule has 0 spiro atoms. The normalized spacial score (nSPS) is 12.3. The van der Waals surface area contributed by atoms with Gasteiger partial charge in [0.1, 0.15) is 0 Å². The van der Waals surface area contributed by atoms with Crippen molar-refractivity contribution in [3.05, 3.63) is 27.7 Å². The van der Waals surface area contributed by atoms with Gasteiger partial charge in [-0.15, -0.1) is 11.8 Å². The fourth-order valence-electron chi connectivity index (χ4n) is 1.77. The Morgan fingerprint density at radius 1 is 1.39 bits per heavy atom. The summed E-state index contributed by atoms with van der Waals surface area (Å²) in [5.74, 6) is -0.133. The van der Waals surface area contributed by atoms with Crippen molar-refractivity contribution < 1.29 is 9.53 Å². The van der Waals surface area contributed by atoms with E-state index in [1.54, 1.807) is 0 Å². The van der Waals surface area contributed by atoms with Crippen LogP contribution in [-0.4, -0.2) is 18.3 Å². The summed E-state index contributed by atoms with van der Waals surface area (Å²) in [6, 6.07) is 4.25. The minimum atomic E-state index is -0.133. The minimum absolute atomic E-state index is 0.133. The summed E-state index contributed by atoms with van der Waals surface area (Å²) in [5.41, 5.74) is 2.55. The molecular weight excluding hydrogens is 312 g/mol. The van der Waals surface area contributed by atoms with E-state index in [-0.39, 0.29) is 5.97 Å². The fraction of sp³-hybridized carbons (Fsp3) is 0.500. The van der Waals surface area contributed by atoms with Crippen LogP contribution in [0.4, 0.5) is 0 Å². The van der Waals surface area contributed by atoms with Crippen LogP contribution in [-0.2, 0) is 9.53 Å². The molecule has 0 aromatic heterocycles. The molecule has 0 aliphatic rings. The van der Waals surface area contributed by atoms with Crippen LogP contribution in [0.5, 0.6) is 0 Å². The second kappa shape index (κ2) is 7.19. The van der Waals surface area contributed by atoms with Gasteiger partial charge in [0.25, 0.3) is 0 Å². The number of esters is 1. The first kappa shape index (κ1) is 15.6. The number of thioether (sulfide) groups is 1. The highest BCUT2D eigenvalue weighted by atomic mass is 79.9. The van der Waals surface area contributed by atoms with Crippen molar-refractivity contribution in [3.8, 4) is 0 Å². The molecule has 0 radical (unpaired) electrons. The van der Waals surface area contributed by atoms with Gasteiger partial charge in [0, 0.05) is 21.0 Å². The zero-order chi connectivity index (χ0) is 13.7. The Balaban J connectivity index is 2.64. The molecule has 0 N–H and O–H groups in total. The van der Waals surface area contributed by atoms with E-state index in [0.717, 1.165) is 10.9 Å². The Bertz CT molecular complexity index is 409. The van der Waals surface area contributed by atoms with Gasteiger partial charge >= 0.3 is 5.97 Å². The van der Waals surface area contributed by atoms with Gasteiger partial charge in [-0.2, -0.15) is 0 Å². The van der Waals surface area contributed by atoms with Crippen molar-refractivity contribution >= 4 is 33.7 Å². The molecule has 18 heavy (non-hydrogen) atoms. The number of benzene rings is 1. The van der Waals surface area contributed by atoms with E-state index < -0.39 is 0 Å². The molecule has 0 aliphatic carbocycles. The molecular formula is C14H19BrO2S. The van der Waals surface area contributed by atoms with Gasteiger partial charge in [-0.1, -0.05) is 22.9 Å². The van der Waals surface area contributed by atoms with Gasteiger partial charge in [0.05, 0.1) is 7.11 Å². The van der Waals surface area contributed by atoms with E-state index in [1.165, 1.54) is 23.1 Å². The highest BCUT2D eigenvalue weighted by Gasteiger charge is 2.12. The largest absolute Gasteiger partial charge is 0.469 e. The van der Waals surface area contributed by atoms with Gasteiger partial charge < -0.3 is 4.74 Å². The van der Waals surface area contributed by atoms with Crippen LogP contribution >= 0.6 is 27.7 Å². The predicted molar refractivity (Wildman–Crippen MR) is 80.2 cm³/mol. The highest BCUT2D eigenvalue weighted by Crippen LogP contribution is 2.33. The molecule has 0 heterocycles. The molecule has 0 amide bonds. The third kappa shape index (κ3) is 4.65. The first-order valence-corrected chi connectivity index (χ1v) is 7.61. The van der Waals surface area contributed by atoms with Crippen LogP contribution in [0.1, 0.15) is 30.9 Å². The van der Waals surface area contributed by atoms with Gasteiger partial charge in [0.2, 0.25) is 0 Å². The standard InChI is InChI=1S/C14H19BrO2S/c1-9-7-12(15)8-10(2)14(9)18-11(3)5-6-13(16)17-4/h7-8,11H,5-6H2,1-4H3. The zero-order valence-corrected chi connectivity index (χ0v) is 13.7. The number of halogens is 1. The maximum absolute atomic E-state index is 11.1. The van der Waals surface area contributed by atoms with Gasteiger partial charge in [-0.3, -0.25) is 4.79 Å². The summed E-state index contributed by atoms with van der Waals surface area (Å²) in [6.45, 7) is 6.38. The quantitative estimate of drug-likeness (QED) is 0.587. The van der Waals surface area contributed by atoms with E-state index in [0.29, 0.717) is 11.7 Å². The number of ether oxygens (including phenoxy) is 1. The van der Waals surface area contributed by atoms with E-state index in [9.17, 15) is 4.79 Å². The SMILES string of the molecule is COC(=O)CCC(C)Sc1c(C)cc(Br)cc1C. The molecule has 0 saturated carbocycles. The Morgan fingerprint density at radius 2 is 1.94 bits per heavy atom. The Hall–Kier alpha value is -0.480. The van der Waals surface area contributed by atoms with Crippen LogP contribution in [0, 0.1) is 13.8 Å². The molecule has 2 nitrogen and oxygen atoms in total. The van der Waals surface area contributed by atoms with Crippen molar-refractivity contribution in [2.45, 2.75) is 43.8 Å². The second-order valence-corrected chi connectivity index (χ2v) is 6.78. The molecule has 1 atom stereocenters. The Labute approximate surface area is 122 Å². The first-order valence-electron chi connectivity index (χ1n) is 5.94. The molecule has 0 saturated heterocycles. The summed E-state index contributed by atoms with van der Waals surface area (Å²) in [4.78, 5) is 12.4. The number of aryl methyl sites for hydroxylation is 2. The number of rotatable bonds is 5. The van der Waals surface area contributed by atoms with Crippen LogP contribution in [0.3, 0.4) is 0 Å². The molecule has 0 aliphatic heterocycles. The summed E-state index contributed by atoms with van der Waals surface area (Å²) in [5, 5.41) is 0.405. The van der Waals surface area contributed by atoms with Crippen LogP contribution in [0.2, 0.25) is 0 Å². The molecule has 0 bridgehead atoms. The maximum atomic E-state index is 11.1. The molecule has 1 aromatic rings. The summed E-state index contributed by atoms with van der Waals surface area (Å²) < 4.78 is 5.77.